The highest BCUT2D eigenvalue weighted by molar-refractivity contribution is 5.26. The number of ether oxygens (including phenoxy) is 1. The molecule has 1 aromatic heterocycles. The Morgan fingerprint density at radius 1 is 1.54 bits per heavy atom. The van der Waals surface area contributed by atoms with E-state index in [4.69, 9.17) is 10.5 Å². The first-order chi connectivity index (χ1) is 6.31. The van der Waals surface area contributed by atoms with Gasteiger partial charge in [-0.05, 0) is 6.54 Å². The van der Waals surface area contributed by atoms with Gasteiger partial charge >= 0.3 is 5.69 Å². The maximum atomic E-state index is 11.1. The van der Waals surface area contributed by atoms with Crippen molar-refractivity contribution in [1.29, 1.82) is 0 Å². The molecule has 0 fully saturated rings. The highest BCUT2D eigenvalue weighted by atomic mass is 16.5. The summed E-state index contributed by atoms with van der Waals surface area (Å²) in [6, 6.07) is 0. The molecular weight excluding hydrogens is 170 g/mol. The SMILES string of the molecule is NCCc1nc(=O)[nH]c2c1COC2. The van der Waals surface area contributed by atoms with E-state index in [-0.39, 0.29) is 5.69 Å². The number of nitrogens with zero attached hydrogens (tertiary/aromatic N) is 1. The molecule has 0 amide bonds. The van der Waals surface area contributed by atoms with Crippen LogP contribution < -0.4 is 11.4 Å². The van der Waals surface area contributed by atoms with E-state index in [9.17, 15) is 4.79 Å². The lowest BCUT2D eigenvalue weighted by molar-refractivity contribution is 0.133. The predicted molar refractivity (Wildman–Crippen MR) is 46.1 cm³/mol. The van der Waals surface area contributed by atoms with Crippen molar-refractivity contribution in [3.63, 3.8) is 0 Å². The Balaban J connectivity index is 2.49. The minimum absolute atomic E-state index is 0.312. The smallest absolute Gasteiger partial charge is 0.345 e. The number of H-pyrrole nitrogens is 1. The molecule has 0 radical (unpaired) electrons. The van der Waals surface area contributed by atoms with Crippen LogP contribution in [0.15, 0.2) is 4.79 Å². The number of aromatic amines is 1. The van der Waals surface area contributed by atoms with Gasteiger partial charge in [0.1, 0.15) is 0 Å². The van der Waals surface area contributed by atoms with Crippen molar-refractivity contribution in [2.24, 2.45) is 5.73 Å². The fourth-order valence-corrected chi connectivity index (χ4v) is 1.49. The fourth-order valence-electron chi connectivity index (χ4n) is 1.49. The largest absolute Gasteiger partial charge is 0.370 e. The van der Waals surface area contributed by atoms with E-state index >= 15 is 0 Å². The van der Waals surface area contributed by atoms with Gasteiger partial charge in [0.15, 0.2) is 0 Å². The molecule has 0 saturated heterocycles. The minimum atomic E-state index is -0.312. The average Bonchev–Trinajstić information content (AvgIpc) is 2.52. The van der Waals surface area contributed by atoms with E-state index < -0.39 is 0 Å². The van der Waals surface area contributed by atoms with Crippen molar-refractivity contribution in [3.8, 4) is 0 Å². The first kappa shape index (κ1) is 8.40. The van der Waals surface area contributed by atoms with Crippen LogP contribution in [-0.4, -0.2) is 16.5 Å². The third-order valence-corrected chi connectivity index (χ3v) is 2.08. The van der Waals surface area contributed by atoms with Gasteiger partial charge < -0.3 is 15.5 Å². The number of fused-ring (bicyclic) bond motifs is 1. The molecule has 0 aliphatic carbocycles. The molecule has 5 nitrogen and oxygen atoms in total. The fraction of sp³-hybridized carbons (Fsp3) is 0.500. The summed E-state index contributed by atoms with van der Waals surface area (Å²) in [5, 5.41) is 0. The number of nitrogens with two attached hydrogens (primary N) is 1. The molecule has 3 N–H and O–H groups in total. The van der Waals surface area contributed by atoms with Gasteiger partial charge in [-0.1, -0.05) is 0 Å². The van der Waals surface area contributed by atoms with Crippen molar-refractivity contribution in [2.45, 2.75) is 19.6 Å². The molecule has 13 heavy (non-hydrogen) atoms. The Morgan fingerprint density at radius 3 is 3.15 bits per heavy atom. The molecule has 2 heterocycles. The highest BCUT2D eigenvalue weighted by Gasteiger charge is 2.17. The first-order valence-electron chi connectivity index (χ1n) is 4.20. The summed E-state index contributed by atoms with van der Waals surface area (Å²) in [6.45, 7) is 1.52. The highest BCUT2D eigenvalue weighted by Crippen LogP contribution is 2.18. The van der Waals surface area contributed by atoms with Gasteiger partial charge in [0.2, 0.25) is 0 Å². The van der Waals surface area contributed by atoms with E-state index in [0.717, 1.165) is 17.0 Å². The number of hydrogen-bond acceptors (Lipinski definition) is 4. The molecule has 2 rings (SSSR count). The third-order valence-electron chi connectivity index (χ3n) is 2.08. The average molecular weight is 181 g/mol. The molecular formula is C8H11N3O2. The zero-order chi connectivity index (χ0) is 9.26. The van der Waals surface area contributed by atoms with E-state index in [1.54, 1.807) is 0 Å². The molecule has 0 aromatic carbocycles. The summed E-state index contributed by atoms with van der Waals surface area (Å²) in [4.78, 5) is 17.6. The lowest BCUT2D eigenvalue weighted by Crippen LogP contribution is -2.18. The van der Waals surface area contributed by atoms with Gasteiger partial charge in [-0.2, -0.15) is 4.98 Å². The quantitative estimate of drug-likeness (QED) is 0.632. The van der Waals surface area contributed by atoms with Crippen LogP contribution in [-0.2, 0) is 24.4 Å². The van der Waals surface area contributed by atoms with Gasteiger partial charge in [0.05, 0.1) is 24.6 Å². The predicted octanol–water partition coefficient (Wildman–Crippen LogP) is -0.699. The summed E-state index contributed by atoms with van der Waals surface area (Å²) in [6.07, 6.45) is 0.635. The molecule has 0 saturated carbocycles. The van der Waals surface area contributed by atoms with E-state index in [1.807, 2.05) is 0 Å². The summed E-state index contributed by atoms with van der Waals surface area (Å²) in [7, 11) is 0. The van der Waals surface area contributed by atoms with Crippen LogP contribution in [0.25, 0.3) is 0 Å². The summed E-state index contributed by atoms with van der Waals surface area (Å²) in [5.41, 5.74) is 7.73. The van der Waals surface area contributed by atoms with E-state index in [0.29, 0.717) is 26.2 Å². The number of nitrogens with one attached hydrogen (secondary N) is 1. The molecule has 0 bridgehead atoms. The molecule has 1 aliphatic heterocycles. The molecule has 1 aromatic rings. The van der Waals surface area contributed by atoms with Crippen molar-refractivity contribution in [2.75, 3.05) is 6.54 Å². The maximum absolute atomic E-state index is 11.1. The molecule has 0 unspecified atom stereocenters. The van der Waals surface area contributed by atoms with Crippen molar-refractivity contribution in [1.82, 2.24) is 9.97 Å². The number of rotatable bonds is 2. The second-order valence-electron chi connectivity index (χ2n) is 2.98. The van der Waals surface area contributed by atoms with Gasteiger partial charge in [-0.25, -0.2) is 4.79 Å². The molecule has 0 atom stereocenters. The monoisotopic (exact) mass is 181 g/mol. The Morgan fingerprint density at radius 2 is 2.38 bits per heavy atom. The second kappa shape index (κ2) is 3.27. The van der Waals surface area contributed by atoms with Gasteiger partial charge in [0, 0.05) is 12.0 Å². The Bertz CT molecular complexity index is 372. The Labute approximate surface area is 74.9 Å². The molecule has 5 heteroatoms. The standard InChI is InChI=1S/C8H11N3O2/c9-2-1-6-5-3-13-4-7(5)11-8(12)10-6/h1-4,9H2,(H,10,11,12). The van der Waals surface area contributed by atoms with E-state index in [2.05, 4.69) is 9.97 Å². The minimum Gasteiger partial charge on any atom is -0.370 e. The lowest BCUT2D eigenvalue weighted by atomic mass is 10.1. The van der Waals surface area contributed by atoms with Crippen LogP contribution in [0.2, 0.25) is 0 Å². The van der Waals surface area contributed by atoms with Gasteiger partial charge in [-0.3, -0.25) is 0 Å². The summed E-state index contributed by atoms with van der Waals surface area (Å²) >= 11 is 0. The van der Waals surface area contributed by atoms with Gasteiger partial charge in [0.25, 0.3) is 0 Å². The normalized spacial score (nSPS) is 14.5. The van der Waals surface area contributed by atoms with Crippen molar-refractivity contribution in [3.05, 3.63) is 27.4 Å². The molecule has 70 valence electrons. The van der Waals surface area contributed by atoms with Crippen LogP contribution >= 0.6 is 0 Å². The number of hydrogen-bond donors (Lipinski definition) is 2. The summed E-state index contributed by atoms with van der Waals surface area (Å²) < 4.78 is 5.21. The number of aromatic nitrogens is 2. The zero-order valence-electron chi connectivity index (χ0n) is 7.17. The Kier molecular flexibility index (Phi) is 2.12. The van der Waals surface area contributed by atoms with Crippen LogP contribution in [0.4, 0.5) is 0 Å². The van der Waals surface area contributed by atoms with Crippen LogP contribution in [0.3, 0.4) is 0 Å². The van der Waals surface area contributed by atoms with Crippen LogP contribution in [0.5, 0.6) is 0 Å². The second-order valence-corrected chi connectivity index (χ2v) is 2.98. The Hall–Kier alpha value is -1.20. The molecule has 0 spiro atoms. The zero-order valence-corrected chi connectivity index (χ0v) is 7.17. The maximum Gasteiger partial charge on any atom is 0.345 e. The van der Waals surface area contributed by atoms with Gasteiger partial charge in [-0.15, -0.1) is 0 Å². The first-order valence-corrected chi connectivity index (χ1v) is 4.20. The van der Waals surface area contributed by atoms with E-state index in [1.165, 1.54) is 0 Å². The lowest BCUT2D eigenvalue weighted by Gasteiger charge is -2.02. The van der Waals surface area contributed by atoms with Crippen molar-refractivity contribution >= 4 is 0 Å². The molecule has 1 aliphatic rings. The van der Waals surface area contributed by atoms with Crippen molar-refractivity contribution < 1.29 is 4.74 Å². The topological polar surface area (TPSA) is 81.0 Å². The summed E-state index contributed by atoms with van der Waals surface area (Å²) in [5.74, 6) is 0. The van der Waals surface area contributed by atoms with Crippen LogP contribution in [0.1, 0.15) is 17.0 Å². The van der Waals surface area contributed by atoms with Crippen LogP contribution in [0, 0.1) is 0 Å². The third kappa shape index (κ3) is 1.48.